The molecule has 0 aromatic carbocycles. The molecule has 0 unspecified atom stereocenters. The summed E-state index contributed by atoms with van der Waals surface area (Å²) >= 11 is 0. The monoisotopic (exact) mass is 372 g/mol. The van der Waals surface area contributed by atoms with E-state index >= 15 is 0 Å². The lowest BCUT2D eigenvalue weighted by molar-refractivity contribution is -0.150. The van der Waals surface area contributed by atoms with Crippen LogP contribution in [0, 0.1) is 5.92 Å². The van der Waals surface area contributed by atoms with Crippen molar-refractivity contribution in [3.8, 4) is 0 Å². The lowest BCUT2D eigenvalue weighted by Gasteiger charge is -2.33. The maximum atomic E-state index is 12.9. The molecule has 6 nitrogen and oxygen atoms in total. The highest BCUT2D eigenvalue weighted by molar-refractivity contribution is 5.84. The van der Waals surface area contributed by atoms with Gasteiger partial charge in [0.1, 0.15) is 18.2 Å². The highest BCUT2D eigenvalue weighted by Crippen LogP contribution is 2.40. The Bertz CT molecular complexity index is 774. The summed E-state index contributed by atoms with van der Waals surface area (Å²) in [7, 11) is 0. The van der Waals surface area contributed by atoms with Crippen LogP contribution in [0.1, 0.15) is 37.7 Å². The van der Waals surface area contributed by atoms with Crippen molar-refractivity contribution < 1.29 is 27.9 Å². The first-order chi connectivity index (χ1) is 12.2. The second-order valence-corrected chi connectivity index (χ2v) is 6.86. The number of likely N-dealkylation sites (tertiary alicyclic amines) is 1. The third-order valence-corrected chi connectivity index (χ3v) is 5.29. The standard InChI is InChI=1S/C17H19F3N2O4/c18-17(19,20)11-5-3-7-21(15(11)24)9-14(23)22-12-6-2-1-4-10(12)8-13(22)16(25)26/h3,5,7,10,12-13H,1-2,4,6,8-9H2,(H,25,26)/t10-,12+,13+/m1/s1. The zero-order valence-corrected chi connectivity index (χ0v) is 13.9. The van der Waals surface area contributed by atoms with Gasteiger partial charge >= 0.3 is 12.1 Å². The Hall–Kier alpha value is -2.32. The SMILES string of the molecule is O=C(O)[C@@H]1C[C@H]2CCCC[C@@H]2N1C(=O)Cn1cccc(C(F)(F)F)c1=O. The van der Waals surface area contributed by atoms with E-state index in [1.54, 1.807) is 0 Å². The maximum Gasteiger partial charge on any atom is 0.421 e. The highest BCUT2D eigenvalue weighted by atomic mass is 19.4. The summed E-state index contributed by atoms with van der Waals surface area (Å²) < 4.78 is 39.3. The molecule has 3 rings (SSSR count). The lowest BCUT2D eigenvalue weighted by Crippen LogP contribution is -2.48. The van der Waals surface area contributed by atoms with Crippen molar-refractivity contribution in [3.63, 3.8) is 0 Å². The number of carboxylic acid groups (broad SMARTS) is 1. The van der Waals surface area contributed by atoms with E-state index in [9.17, 15) is 32.7 Å². The number of alkyl halides is 3. The zero-order valence-electron chi connectivity index (χ0n) is 13.9. The third kappa shape index (κ3) is 3.34. The van der Waals surface area contributed by atoms with Crippen molar-refractivity contribution in [2.75, 3.05) is 0 Å². The zero-order chi connectivity index (χ0) is 19.1. The first-order valence-corrected chi connectivity index (χ1v) is 8.50. The van der Waals surface area contributed by atoms with Gasteiger partial charge in [0.05, 0.1) is 0 Å². The van der Waals surface area contributed by atoms with Gasteiger partial charge in [0, 0.05) is 12.2 Å². The van der Waals surface area contributed by atoms with Crippen LogP contribution in [-0.2, 0) is 22.3 Å². The molecule has 2 aliphatic rings. The summed E-state index contributed by atoms with van der Waals surface area (Å²) in [5.74, 6) is -1.66. The van der Waals surface area contributed by atoms with Gasteiger partial charge in [-0.25, -0.2) is 4.79 Å². The number of nitrogens with zero attached hydrogens (tertiary/aromatic N) is 2. The smallest absolute Gasteiger partial charge is 0.421 e. The molecule has 142 valence electrons. The van der Waals surface area contributed by atoms with E-state index in [0.29, 0.717) is 23.5 Å². The molecule has 2 fully saturated rings. The Balaban J connectivity index is 1.87. The number of carbonyl (C=O) groups excluding carboxylic acids is 1. The largest absolute Gasteiger partial charge is 0.480 e. The lowest BCUT2D eigenvalue weighted by atomic mass is 9.85. The molecule has 1 aromatic heterocycles. The van der Waals surface area contributed by atoms with Crippen molar-refractivity contribution in [1.29, 1.82) is 0 Å². The topological polar surface area (TPSA) is 79.6 Å². The molecule has 1 amide bonds. The summed E-state index contributed by atoms with van der Waals surface area (Å²) in [4.78, 5) is 37.6. The van der Waals surface area contributed by atoms with Crippen LogP contribution in [0.5, 0.6) is 0 Å². The second-order valence-electron chi connectivity index (χ2n) is 6.86. The molecule has 1 aliphatic heterocycles. The number of carbonyl (C=O) groups is 2. The summed E-state index contributed by atoms with van der Waals surface area (Å²) in [6.45, 7) is -0.601. The van der Waals surface area contributed by atoms with E-state index in [1.165, 1.54) is 4.90 Å². The van der Waals surface area contributed by atoms with Gasteiger partial charge in [0.25, 0.3) is 5.56 Å². The number of amides is 1. The van der Waals surface area contributed by atoms with Crippen molar-refractivity contribution >= 4 is 11.9 Å². The molecule has 0 radical (unpaired) electrons. The molecular formula is C17H19F3N2O4. The Morgan fingerprint density at radius 1 is 1.23 bits per heavy atom. The van der Waals surface area contributed by atoms with Gasteiger partial charge < -0.3 is 14.6 Å². The highest BCUT2D eigenvalue weighted by Gasteiger charge is 2.47. The predicted molar refractivity (Wildman–Crippen MR) is 84.3 cm³/mol. The van der Waals surface area contributed by atoms with E-state index in [4.69, 9.17) is 0 Å². The Labute approximate surface area is 147 Å². The van der Waals surface area contributed by atoms with Crippen molar-refractivity contribution in [3.05, 3.63) is 34.2 Å². The predicted octanol–water partition coefficient (Wildman–Crippen LogP) is 2.11. The number of rotatable bonds is 3. The fourth-order valence-corrected chi connectivity index (χ4v) is 4.14. The van der Waals surface area contributed by atoms with Gasteiger partial charge in [-0.2, -0.15) is 13.2 Å². The minimum absolute atomic E-state index is 0.0898. The molecule has 1 saturated heterocycles. The molecule has 1 N–H and O–H groups in total. The molecule has 0 spiro atoms. The molecule has 2 heterocycles. The van der Waals surface area contributed by atoms with Gasteiger partial charge in [0.2, 0.25) is 5.91 Å². The summed E-state index contributed by atoms with van der Waals surface area (Å²) in [6.07, 6.45) is 0.0145. The van der Waals surface area contributed by atoms with Crippen LogP contribution in [0.4, 0.5) is 13.2 Å². The number of fused-ring (bicyclic) bond motifs is 1. The van der Waals surface area contributed by atoms with Crippen LogP contribution in [-0.4, -0.2) is 38.5 Å². The summed E-state index contributed by atoms with van der Waals surface area (Å²) in [5, 5.41) is 9.44. The molecular weight excluding hydrogens is 353 g/mol. The molecule has 9 heteroatoms. The number of hydrogen-bond donors (Lipinski definition) is 1. The Morgan fingerprint density at radius 3 is 2.58 bits per heavy atom. The van der Waals surface area contributed by atoms with E-state index in [2.05, 4.69) is 0 Å². The van der Waals surface area contributed by atoms with Crippen LogP contribution >= 0.6 is 0 Å². The van der Waals surface area contributed by atoms with Crippen LogP contribution < -0.4 is 5.56 Å². The number of aromatic nitrogens is 1. The van der Waals surface area contributed by atoms with Crippen molar-refractivity contribution in [2.45, 2.75) is 56.9 Å². The summed E-state index contributed by atoms with van der Waals surface area (Å²) in [6, 6.07) is 0.506. The number of carboxylic acids is 1. The van der Waals surface area contributed by atoms with Crippen molar-refractivity contribution in [1.82, 2.24) is 9.47 Å². The van der Waals surface area contributed by atoms with Gasteiger partial charge in [-0.3, -0.25) is 9.59 Å². The number of halogens is 3. The van der Waals surface area contributed by atoms with Gasteiger partial charge in [-0.15, -0.1) is 0 Å². The Kier molecular flexibility index (Phi) is 4.81. The summed E-state index contributed by atoms with van der Waals surface area (Å²) in [5.41, 5.74) is -2.65. The molecule has 1 aromatic rings. The van der Waals surface area contributed by atoms with E-state index < -0.39 is 41.8 Å². The molecule has 1 aliphatic carbocycles. The fourth-order valence-electron chi connectivity index (χ4n) is 4.14. The van der Waals surface area contributed by atoms with Crippen LogP contribution in [0.15, 0.2) is 23.1 Å². The fraction of sp³-hybridized carbons (Fsp3) is 0.588. The number of aliphatic carboxylic acids is 1. The quantitative estimate of drug-likeness (QED) is 0.881. The van der Waals surface area contributed by atoms with Crippen LogP contribution in [0.2, 0.25) is 0 Å². The van der Waals surface area contributed by atoms with Crippen molar-refractivity contribution in [2.24, 2.45) is 5.92 Å². The first-order valence-electron chi connectivity index (χ1n) is 8.50. The van der Waals surface area contributed by atoms with Crippen LogP contribution in [0.25, 0.3) is 0 Å². The van der Waals surface area contributed by atoms with E-state index in [-0.39, 0.29) is 12.0 Å². The van der Waals surface area contributed by atoms with Gasteiger partial charge in [-0.1, -0.05) is 12.8 Å². The average Bonchev–Trinajstić information content (AvgIpc) is 2.95. The van der Waals surface area contributed by atoms with Gasteiger partial charge in [-0.05, 0) is 37.3 Å². The van der Waals surface area contributed by atoms with E-state index in [0.717, 1.165) is 31.5 Å². The maximum absolute atomic E-state index is 12.9. The minimum atomic E-state index is -4.81. The van der Waals surface area contributed by atoms with Gasteiger partial charge in [0.15, 0.2) is 0 Å². The first kappa shape index (κ1) is 18.5. The van der Waals surface area contributed by atoms with Crippen LogP contribution in [0.3, 0.4) is 0 Å². The third-order valence-electron chi connectivity index (χ3n) is 5.29. The molecule has 0 bridgehead atoms. The number of hydrogen-bond acceptors (Lipinski definition) is 3. The molecule has 3 atom stereocenters. The molecule has 26 heavy (non-hydrogen) atoms. The molecule has 1 saturated carbocycles. The average molecular weight is 372 g/mol. The number of pyridine rings is 1. The normalized spacial score (nSPS) is 25.8. The minimum Gasteiger partial charge on any atom is -0.480 e. The van der Waals surface area contributed by atoms with E-state index in [1.807, 2.05) is 0 Å². The second kappa shape index (κ2) is 6.77. The Morgan fingerprint density at radius 2 is 1.92 bits per heavy atom.